The van der Waals surface area contributed by atoms with E-state index >= 15 is 0 Å². The van der Waals surface area contributed by atoms with Crippen LogP contribution in [-0.2, 0) is 0 Å². The molecule has 1 amide bonds. The number of nitrogens with zero attached hydrogens (tertiary/aromatic N) is 2. The maximum atomic E-state index is 11.9. The molecule has 0 saturated carbocycles. The molecule has 1 N–H and O–H groups in total. The van der Waals surface area contributed by atoms with Crippen molar-refractivity contribution in [1.82, 2.24) is 5.43 Å². The minimum atomic E-state index is -0.521. The van der Waals surface area contributed by atoms with E-state index in [0.29, 0.717) is 5.56 Å². The number of carbonyl (C=O) groups excluding carboxylic acids is 1. The molecular formula is C17H17N3O4. The summed E-state index contributed by atoms with van der Waals surface area (Å²) < 4.78 is 5.53. The van der Waals surface area contributed by atoms with Crippen molar-refractivity contribution in [1.29, 1.82) is 0 Å². The van der Waals surface area contributed by atoms with Gasteiger partial charge >= 0.3 is 0 Å². The summed E-state index contributed by atoms with van der Waals surface area (Å²) in [6.07, 6.45) is 1.60. The van der Waals surface area contributed by atoms with Gasteiger partial charge in [0.15, 0.2) is 0 Å². The highest BCUT2D eigenvalue weighted by molar-refractivity contribution is 5.95. The zero-order chi connectivity index (χ0) is 17.5. The van der Waals surface area contributed by atoms with Crippen LogP contribution in [0.2, 0.25) is 0 Å². The van der Waals surface area contributed by atoms with Gasteiger partial charge in [0.2, 0.25) is 0 Å². The number of ether oxygens (including phenoxy) is 1. The van der Waals surface area contributed by atoms with Crippen LogP contribution in [0.5, 0.6) is 5.75 Å². The Morgan fingerprint density at radius 2 is 1.79 bits per heavy atom. The van der Waals surface area contributed by atoms with Gasteiger partial charge in [-0.2, -0.15) is 5.10 Å². The average molecular weight is 327 g/mol. The predicted molar refractivity (Wildman–Crippen MR) is 90.4 cm³/mol. The van der Waals surface area contributed by atoms with E-state index in [1.807, 2.05) is 38.1 Å². The van der Waals surface area contributed by atoms with Crippen molar-refractivity contribution in [2.45, 2.75) is 20.0 Å². The Labute approximate surface area is 139 Å². The van der Waals surface area contributed by atoms with E-state index in [-0.39, 0.29) is 11.8 Å². The Hall–Kier alpha value is -3.22. The first-order valence-electron chi connectivity index (χ1n) is 7.30. The highest BCUT2D eigenvalue weighted by atomic mass is 16.6. The maximum absolute atomic E-state index is 11.9. The van der Waals surface area contributed by atoms with Gasteiger partial charge in [-0.1, -0.05) is 0 Å². The summed E-state index contributed by atoms with van der Waals surface area (Å²) in [5.74, 6) is 0.318. The van der Waals surface area contributed by atoms with Crippen molar-refractivity contribution in [3.8, 4) is 5.75 Å². The first kappa shape index (κ1) is 17.1. The van der Waals surface area contributed by atoms with Crippen LogP contribution in [0.1, 0.15) is 29.8 Å². The fraction of sp³-hybridized carbons (Fsp3) is 0.176. The highest BCUT2D eigenvalue weighted by Gasteiger charge is 2.08. The van der Waals surface area contributed by atoms with E-state index in [1.165, 1.54) is 30.5 Å². The number of amides is 1. The molecule has 2 aromatic carbocycles. The molecule has 0 heterocycles. The molecular weight excluding hydrogens is 310 g/mol. The Morgan fingerprint density at radius 3 is 2.33 bits per heavy atom. The second kappa shape index (κ2) is 7.87. The standard InChI is InChI=1S/C17H17N3O4/c1-12(2)24-16-9-3-13(4-10-16)11-18-19-17(21)14-5-7-15(8-6-14)20(22)23/h3-12H,1-2H3,(H,19,21)/b18-11-. The number of hydrogen-bond donors (Lipinski definition) is 1. The number of nitro groups is 1. The Morgan fingerprint density at radius 1 is 1.17 bits per heavy atom. The van der Waals surface area contributed by atoms with Gasteiger partial charge in [-0.25, -0.2) is 5.43 Å². The summed E-state index contributed by atoms with van der Waals surface area (Å²) >= 11 is 0. The largest absolute Gasteiger partial charge is 0.491 e. The van der Waals surface area contributed by atoms with Gasteiger partial charge < -0.3 is 4.74 Å². The van der Waals surface area contributed by atoms with Gasteiger partial charge in [0.1, 0.15) is 5.75 Å². The van der Waals surface area contributed by atoms with Crippen LogP contribution in [0.25, 0.3) is 0 Å². The van der Waals surface area contributed by atoms with Crippen LogP contribution in [0, 0.1) is 10.1 Å². The molecule has 0 bridgehead atoms. The van der Waals surface area contributed by atoms with Crippen LogP contribution in [-0.4, -0.2) is 23.1 Å². The molecule has 7 heteroatoms. The number of nitro benzene ring substituents is 1. The SMILES string of the molecule is CC(C)Oc1ccc(/C=N\NC(=O)c2ccc([N+](=O)[O-])cc2)cc1. The summed E-state index contributed by atoms with van der Waals surface area (Å²) in [5.41, 5.74) is 3.39. The van der Waals surface area contributed by atoms with E-state index in [2.05, 4.69) is 10.5 Å². The van der Waals surface area contributed by atoms with E-state index in [1.54, 1.807) is 0 Å². The van der Waals surface area contributed by atoms with Gasteiger partial charge in [-0.3, -0.25) is 14.9 Å². The second-order valence-corrected chi connectivity index (χ2v) is 5.24. The molecule has 0 aliphatic heterocycles. The first-order valence-corrected chi connectivity index (χ1v) is 7.30. The van der Waals surface area contributed by atoms with Crippen LogP contribution in [0.4, 0.5) is 5.69 Å². The molecule has 24 heavy (non-hydrogen) atoms. The van der Waals surface area contributed by atoms with E-state index in [9.17, 15) is 14.9 Å². The minimum absolute atomic E-state index is 0.0706. The van der Waals surface area contributed by atoms with E-state index < -0.39 is 10.8 Å². The zero-order valence-corrected chi connectivity index (χ0v) is 13.3. The quantitative estimate of drug-likeness (QED) is 0.501. The van der Waals surface area contributed by atoms with Crippen LogP contribution < -0.4 is 10.2 Å². The van der Waals surface area contributed by atoms with Gasteiger partial charge in [-0.15, -0.1) is 0 Å². The first-order chi connectivity index (χ1) is 11.5. The molecule has 0 aliphatic carbocycles. The molecule has 0 spiro atoms. The molecule has 124 valence electrons. The fourth-order valence-electron chi connectivity index (χ4n) is 1.87. The van der Waals surface area contributed by atoms with Crippen LogP contribution in [0.3, 0.4) is 0 Å². The van der Waals surface area contributed by atoms with Crippen molar-refractivity contribution < 1.29 is 14.5 Å². The van der Waals surface area contributed by atoms with Crippen LogP contribution >= 0.6 is 0 Å². The molecule has 2 rings (SSSR count). The monoisotopic (exact) mass is 327 g/mol. The van der Waals surface area contributed by atoms with Crippen molar-refractivity contribution in [2.75, 3.05) is 0 Å². The summed E-state index contributed by atoms with van der Waals surface area (Å²) in [4.78, 5) is 21.9. The topological polar surface area (TPSA) is 93.8 Å². The zero-order valence-electron chi connectivity index (χ0n) is 13.3. The summed E-state index contributed by atoms with van der Waals surface area (Å²) in [5, 5.41) is 14.4. The van der Waals surface area contributed by atoms with Gasteiger partial charge in [-0.05, 0) is 55.8 Å². The lowest BCUT2D eigenvalue weighted by molar-refractivity contribution is -0.384. The van der Waals surface area contributed by atoms with Crippen molar-refractivity contribution in [2.24, 2.45) is 5.10 Å². The second-order valence-electron chi connectivity index (χ2n) is 5.24. The lowest BCUT2D eigenvalue weighted by Crippen LogP contribution is -2.17. The average Bonchev–Trinajstić information content (AvgIpc) is 2.56. The molecule has 0 atom stereocenters. The summed E-state index contributed by atoms with van der Waals surface area (Å²) in [6, 6.07) is 12.6. The molecule has 0 aromatic heterocycles. The normalized spacial score (nSPS) is 10.8. The molecule has 0 saturated heterocycles. The number of carbonyl (C=O) groups is 1. The smallest absolute Gasteiger partial charge is 0.271 e. The van der Waals surface area contributed by atoms with Crippen molar-refractivity contribution in [3.05, 3.63) is 69.8 Å². The van der Waals surface area contributed by atoms with E-state index in [0.717, 1.165) is 11.3 Å². The Bertz CT molecular complexity index is 737. The third-order valence-electron chi connectivity index (χ3n) is 2.97. The van der Waals surface area contributed by atoms with Gasteiger partial charge in [0.25, 0.3) is 11.6 Å². The molecule has 0 aliphatic rings. The van der Waals surface area contributed by atoms with Crippen molar-refractivity contribution >= 4 is 17.8 Å². The minimum Gasteiger partial charge on any atom is -0.491 e. The predicted octanol–water partition coefficient (Wildman–Crippen LogP) is 3.15. The number of non-ortho nitro benzene ring substituents is 1. The number of benzene rings is 2. The van der Waals surface area contributed by atoms with Gasteiger partial charge in [0, 0.05) is 17.7 Å². The summed E-state index contributed by atoms with van der Waals surface area (Å²) in [6.45, 7) is 3.90. The molecule has 0 unspecified atom stereocenters. The number of hydrogen-bond acceptors (Lipinski definition) is 5. The molecule has 2 aromatic rings. The number of rotatable bonds is 6. The lowest BCUT2D eigenvalue weighted by atomic mass is 10.2. The van der Waals surface area contributed by atoms with Crippen molar-refractivity contribution in [3.63, 3.8) is 0 Å². The highest BCUT2D eigenvalue weighted by Crippen LogP contribution is 2.13. The third-order valence-corrected chi connectivity index (χ3v) is 2.97. The number of nitrogens with one attached hydrogen (secondary N) is 1. The Kier molecular flexibility index (Phi) is 5.62. The van der Waals surface area contributed by atoms with Crippen LogP contribution in [0.15, 0.2) is 53.6 Å². The summed E-state index contributed by atoms with van der Waals surface area (Å²) in [7, 11) is 0. The van der Waals surface area contributed by atoms with E-state index in [4.69, 9.17) is 4.74 Å². The molecule has 0 radical (unpaired) electrons. The molecule has 0 fully saturated rings. The molecule has 7 nitrogen and oxygen atoms in total. The Balaban J connectivity index is 1.93. The fourth-order valence-corrected chi connectivity index (χ4v) is 1.87. The number of hydrazone groups is 1. The maximum Gasteiger partial charge on any atom is 0.271 e. The van der Waals surface area contributed by atoms with Gasteiger partial charge in [0.05, 0.1) is 17.2 Å². The third kappa shape index (κ3) is 4.91. The lowest BCUT2D eigenvalue weighted by Gasteiger charge is -2.09.